The number of ether oxygens (including phenoxy) is 2. The average Bonchev–Trinajstić information content (AvgIpc) is 2.91. The van der Waals surface area contributed by atoms with Gasteiger partial charge in [-0.25, -0.2) is 4.79 Å². The van der Waals surface area contributed by atoms with Crippen LogP contribution >= 0.6 is 15.9 Å². The maximum absolute atomic E-state index is 13.1. The largest absolute Gasteiger partial charge is 0.508 e. The van der Waals surface area contributed by atoms with Crippen LogP contribution < -0.4 is 16.4 Å². The average molecular weight is 576 g/mol. The number of anilines is 3. The van der Waals surface area contributed by atoms with Crippen molar-refractivity contribution < 1.29 is 24.2 Å². The van der Waals surface area contributed by atoms with Crippen LogP contribution in [0.2, 0.25) is 0 Å². The molecule has 0 saturated heterocycles. The molecular weight excluding hydrogens is 550 g/mol. The van der Waals surface area contributed by atoms with Crippen LogP contribution in [0.15, 0.2) is 102 Å². The summed E-state index contributed by atoms with van der Waals surface area (Å²) < 4.78 is 12.0. The fraction of sp³-hybridized carbons (Fsp3) is 0.103. The quantitative estimate of drug-likeness (QED) is 0.142. The number of methoxy groups -OCH3 is 1. The predicted molar refractivity (Wildman–Crippen MR) is 152 cm³/mol. The SMILES string of the molecule is CO[C@@H](/C=C/C(=O)Nc1ccccc1N)[C@@H](OC(=O)Nc1cccc2ccccc12)c1cc(Br)ccc1O. The van der Waals surface area contributed by atoms with Crippen molar-refractivity contribution in [3.63, 3.8) is 0 Å². The Balaban J connectivity index is 1.59. The third kappa shape index (κ3) is 6.50. The summed E-state index contributed by atoms with van der Waals surface area (Å²) in [6.07, 6.45) is -0.0763. The number of carbonyl (C=O) groups is 2. The van der Waals surface area contributed by atoms with Crippen molar-refractivity contribution in [3.05, 3.63) is 107 Å². The number of nitrogen functional groups attached to an aromatic ring is 1. The van der Waals surface area contributed by atoms with Gasteiger partial charge in [0.2, 0.25) is 5.91 Å². The number of phenols is 1. The van der Waals surface area contributed by atoms with Gasteiger partial charge >= 0.3 is 6.09 Å². The Hall–Kier alpha value is -4.34. The third-order valence-electron chi connectivity index (χ3n) is 5.78. The zero-order valence-corrected chi connectivity index (χ0v) is 22.0. The van der Waals surface area contributed by atoms with Gasteiger partial charge in [-0.05, 0) is 47.9 Å². The van der Waals surface area contributed by atoms with Gasteiger partial charge in [0, 0.05) is 28.6 Å². The molecule has 0 spiro atoms. The molecule has 0 aliphatic heterocycles. The van der Waals surface area contributed by atoms with Crippen LogP contribution in [0.1, 0.15) is 11.7 Å². The lowest BCUT2D eigenvalue weighted by Crippen LogP contribution is -2.27. The summed E-state index contributed by atoms with van der Waals surface area (Å²) >= 11 is 3.39. The van der Waals surface area contributed by atoms with Gasteiger partial charge in [-0.2, -0.15) is 0 Å². The van der Waals surface area contributed by atoms with Crippen molar-refractivity contribution in [2.75, 3.05) is 23.5 Å². The van der Waals surface area contributed by atoms with E-state index in [4.69, 9.17) is 15.2 Å². The molecule has 4 aromatic rings. The molecule has 0 heterocycles. The summed E-state index contributed by atoms with van der Waals surface area (Å²) in [5, 5.41) is 17.9. The summed E-state index contributed by atoms with van der Waals surface area (Å²) in [5.74, 6) is -0.560. The molecule has 5 N–H and O–H groups in total. The van der Waals surface area contributed by atoms with E-state index < -0.39 is 24.2 Å². The molecule has 4 aromatic carbocycles. The molecule has 0 unspecified atom stereocenters. The smallest absolute Gasteiger partial charge is 0.412 e. The van der Waals surface area contributed by atoms with Crippen molar-refractivity contribution in [2.45, 2.75) is 12.2 Å². The molecule has 0 aliphatic rings. The van der Waals surface area contributed by atoms with Gasteiger partial charge in [-0.3, -0.25) is 10.1 Å². The first-order valence-electron chi connectivity index (χ1n) is 11.7. The summed E-state index contributed by atoms with van der Waals surface area (Å²) in [6, 6.07) is 24.8. The van der Waals surface area contributed by atoms with E-state index in [1.165, 1.54) is 25.3 Å². The highest BCUT2D eigenvalue weighted by Gasteiger charge is 2.29. The number of fused-ring (bicyclic) bond motifs is 1. The fourth-order valence-corrected chi connectivity index (χ4v) is 4.30. The number of para-hydroxylation sites is 2. The highest BCUT2D eigenvalue weighted by molar-refractivity contribution is 9.10. The monoisotopic (exact) mass is 575 g/mol. The molecule has 2 atom stereocenters. The minimum absolute atomic E-state index is 0.104. The molecule has 0 fully saturated rings. The number of aromatic hydroxyl groups is 1. The zero-order valence-electron chi connectivity index (χ0n) is 20.4. The van der Waals surface area contributed by atoms with E-state index in [1.807, 2.05) is 36.4 Å². The van der Waals surface area contributed by atoms with Gasteiger partial charge in [0.25, 0.3) is 0 Å². The number of hydrogen-bond donors (Lipinski definition) is 4. The molecule has 0 bridgehead atoms. The van der Waals surface area contributed by atoms with E-state index in [9.17, 15) is 14.7 Å². The lowest BCUT2D eigenvalue weighted by atomic mass is 10.0. The third-order valence-corrected chi connectivity index (χ3v) is 6.28. The van der Waals surface area contributed by atoms with E-state index >= 15 is 0 Å². The molecule has 0 aromatic heterocycles. The number of nitrogens with two attached hydrogens (primary N) is 1. The minimum Gasteiger partial charge on any atom is -0.508 e. The molecule has 2 amide bonds. The predicted octanol–water partition coefficient (Wildman–Crippen LogP) is 6.39. The molecule has 9 heteroatoms. The summed E-state index contributed by atoms with van der Waals surface area (Å²) in [4.78, 5) is 25.6. The summed E-state index contributed by atoms with van der Waals surface area (Å²) in [5.41, 5.74) is 7.63. The number of hydrogen-bond acceptors (Lipinski definition) is 6. The number of halogens is 1. The second kappa shape index (κ2) is 12.3. The number of carbonyl (C=O) groups excluding carboxylic acids is 2. The molecule has 0 radical (unpaired) electrons. The Bertz CT molecular complexity index is 1490. The second-order valence-electron chi connectivity index (χ2n) is 8.32. The van der Waals surface area contributed by atoms with Crippen LogP contribution in [0.5, 0.6) is 5.75 Å². The van der Waals surface area contributed by atoms with E-state index in [0.717, 1.165) is 10.8 Å². The highest BCUT2D eigenvalue weighted by Crippen LogP contribution is 2.34. The Kier molecular flexibility index (Phi) is 8.62. The van der Waals surface area contributed by atoms with E-state index in [1.54, 1.807) is 42.5 Å². The Morgan fingerprint density at radius 3 is 2.45 bits per heavy atom. The van der Waals surface area contributed by atoms with Crippen molar-refractivity contribution in [1.82, 2.24) is 0 Å². The van der Waals surface area contributed by atoms with Gasteiger partial charge < -0.3 is 25.6 Å². The topological polar surface area (TPSA) is 123 Å². The van der Waals surface area contributed by atoms with Gasteiger partial charge in [0.1, 0.15) is 11.9 Å². The van der Waals surface area contributed by atoms with Crippen LogP contribution in [-0.2, 0) is 14.3 Å². The number of rotatable bonds is 8. The van der Waals surface area contributed by atoms with Crippen LogP contribution in [0.3, 0.4) is 0 Å². The lowest BCUT2D eigenvalue weighted by Gasteiger charge is -2.25. The molecule has 0 aliphatic carbocycles. The molecule has 194 valence electrons. The Morgan fingerprint density at radius 1 is 0.947 bits per heavy atom. The summed E-state index contributed by atoms with van der Waals surface area (Å²) in [7, 11) is 1.41. The molecule has 38 heavy (non-hydrogen) atoms. The van der Waals surface area contributed by atoms with Crippen LogP contribution in [0.25, 0.3) is 10.8 Å². The van der Waals surface area contributed by atoms with Crippen molar-refractivity contribution in [2.24, 2.45) is 0 Å². The van der Waals surface area contributed by atoms with Crippen LogP contribution in [-0.4, -0.2) is 30.3 Å². The minimum atomic E-state index is -1.10. The molecular formula is C29H26BrN3O5. The van der Waals surface area contributed by atoms with Gasteiger partial charge in [0.05, 0.1) is 17.1 Å². The Morgan fingerprint density at radius 2 is 1.66 bits per heavy atom. The number of benzene rings is 4. The maximum Gasteiger partial charge on any atom is 0.412 e. The first kappa shape index (κ1) is 26.7. The number of amides is 2. The highest BCUT2D eigenvalue weighted by atomic mass is 79.9. The number of nitrogens with one attached hydrogen (secondary N) is 2. The second-order valence-corrected chi connectivity index (χ2v) is 9.23. The summed E-state index contributed by atoms with van der Waals surface area (Å²) in [6.45, 7) is 0. The molecule has 8 nitrogen and oxygen atoms in total. The lowest BCUT2D eigenvalue weighted by molar-refractivity contribution is -0.112. The first-order valence-corrected chi connectivity index (χ1v) is 12.5. The number of phenolic OH excluding ortho intramolecular Hbond substituents is 1. The standard InChI is InChI=1S/C29H26BrN3O5/c1-37-26(15-16-27(35)32-24-11-5-4-10-22(24)31)28(21-17-19(30)13-14-25(21)34)38-29(36)33-23-12-6-8-18-7-2-3-9-20(18)23/h2-17,26,28,34H,31H2,1H3,(H,32,35)(H,33,36)/b16-15+/t26-,28-/m0/s1. The van der Waals surface area contributed by atoms with Gasteiger partial charge in [0.15, 0.2) is 6.10 Å². The fourth-order valence-electron chi connectivity index (χ4n) is 3.92. The molecule has 0 saturated carbocycles. The normalized spacial score (nSPS) is 12.7. The van der Waals surface area contributed by atoms with E-state index in [-0.39, 0.29) is 11.3 Å². The van der Waals surface area contributed by atoms with Crippen LogP contribution in [0, 0.1) is 0 Å². The van der Waals surface area contributed by atoms with Crippen molar-refractivity contribution in [1.29, 1.82) is 0 Å². The zero-order chi connectivity index (χ0) is 27.1. The first-order chi connectivity index (χ1) is 18.4. The van der Waals surface area contributed by atoms with Crippen LogP contribution in [0.4, 0.5) is 21.9 Å². The Labute approximate surface area is 228 Å². The molecule has 4 rings (SSSR count). The van der Waals surface area contributed by atoms with Crippen molar-refractivity contribution in [3.8, 4) is 5.75 Å². The van der Waals surface area contributed by atoms with E-state index in [2.05, 4.69) is 26.6 Å². The van der Waals surface area contributed by atoms with Gasteiger partial charge in [-0.1, -0.05) is 64.5 Å². The van der Waals surface area contributed by atoms with Crippen molar-refractivity contribution >= 4 is 55.8 Å². The van der Waals surface area contributed by atoms with E-state index in [0.29, 0.717) is 21.5 Å². The van der Waals surface area contributed by atoms with Gasteiger partial charge in [-0.15, -0.1) is 0 Å². The maximum atomic E-state index is 13.1.